The molecule has 3 aliphatic heterocycles. The molecule has 9 heteroatoms. The van der Waals surface area contributed by atoms with Crippen LogP contribution in [0.1, 0.15) is 52.7 Å². The highest BCUT2D eigenvalue weighted by Gasteiger charge is 2.56. The second-order valence-corrected chi connectivity index (χ2v) is 12.4. The van der Waals surface area contributed by atoms with Gasteiger partial charge in [0.05, 0.1) is 36.3 Å². The Balaban J connectivity index is 1.29. The van der Waals surface area contributed by atoms with Crippen LogP contribution in [0, 0.1) is 30.9 Å². The maximum atomic E-state index is 14.7. The van der Waals surface area contributed by atoms with Crippen molar-refractivity contribution in [1.29, 1.82) is 0 Å². The second kappa shape index (κ2) is 11.4. The Morgan fingerprint density at radius 3 is 2.55 bits per heavy atom. The van der Waals surface area contributed by atoms with Crippen LogP contribution in [0.3, 0.4) is 0 Å². The standard InChI is InChI=1S/C35H37F2N5O2/c1-23-17-41(22-38-23)31-11-10-26(16-33(31)43-3)28-19-40(18-25-8-5-4-6-9-25)21-35(28)12-7-13-42-32(20-44-39-34(35)42)27-14-29(36)24(2)30(37)15-27/h4-6,8-11,14-17,22,28,32H,7,12-13,18-21H2,1-3H3/t28?,32-,35?/m1/s1. The molecule has 2 fully saturated rings. The van der Waals surface area contributed by atoms with E-state index in [9.17, 15) is 8.78 Å². The monoisotopic (exact) mass is 597 g/mol. The van der Waals surface area contributed by atoms with Crippen LogP contribution in [0.15, 0.2) is 78.3 Å². The third-order valence-corrected chi connectivity index (χ3v) is 9.65. The predicted molar refractivity (Wildman–Crippen MR) is 165 cm³/mol. The first-order valence-corrected chi connectivity index (χ1v) is 15.2. The van der Waals surface area contributed by atoms with Crippen molar-refractivity contribution in [2.45, 2.75) is 45.2 Å². The average molecular weight is 598 g/mol. The molecule has 4 aromatic rings. The summed E-state index contributed by atoms with van der Waals surface area (Å²) in [7, 11) is 1.70. The lowest BCUT2D eigenvalue weighted by Crippen LogP contribution is -2.55. The molecule has 1 aromatic heterocycles. The van der Waals surface area contributed by atoms with E-state index in [0.29, 0.717) is 5.56 Å². The number of imidazole rings is 1. The molecule has 0 N–H and O–H groups in total. The highest BCUT2D eigenvalue weighted by atomic mass is 19.1. The van der Waals surface area contributed by atoms with Crippen molar-refractivity contribution in [3.63, 3.8) is 0 Å². The second-order valence-electron chi connectivity index (χ2n) is 12.4. The average Bonchev–Trinajstić information content (AvgIpc) is 3.63. The van der Waals surface area contributed by atoms with Gasteiger partial charge >= 0.3 is 0 Å². The van der Waals surface area contributed by atoms with Gasteiger partial charge in [0.1, 0.15) is 24.0 Å². The molecule has 44 heavy (non-hydrogen) atoms. The molecule has 228 valence electrons. The van der Waals surface area contributed by atoms with Crippen LogP contribution in [0.2, 0.25) is 0 Å². The number of ether oxygens (including phenoxy) is 1. The zero-order valence-corrected chi connectivity index (χ0v) is 25.3. The summed E-state index contributed by atoms with van der Waals surface area (Å²) in [5.41, 5.74) is 4.53. The number of halogens is 2. The van der Waals surface area contributed by atoms with Gasteiger partial charge in [-0.1, -0.05) is 41.6 Å². The number of benzene rings is 3. The molecule has 0 amide bonds. The number of aryl methyl sites for hydroxylation is 1. The quantitative estimate of drug-likeness (QED) is 0.253. The third-order valence-electron chi connectivity index (χ3n) is 9.65. The minimum absolute atomic E-state index is 0.0325. The number of hydrogen-bond acceptors (Lipinski definition) is 6. The Bertz CT molecular complexity index is 1680. The predicted octanol–water partition coefficient (Wildman–Crippen LogP) is 6.54. The molecule has 3 aromatic carbocycles. The summed E-state index contributed by atoms with van der Waals surface area (Å²) < 4.78 is 37.4. The normalized spacial score (nSPS) is 23.4. The number of methoxy groups -OCH3 is 1. The smallest absolute Gasteiger partial charge is 0.153 e. The first-order chi connectivity index (χ1) is 21.4. The minimum atomic E-state index is -0.538. The number of fused-ring (bicyclic) bond motifs is 2. The number of rotatable bonds is 6. The minimum Gasteiger partial charge on any atom is -0.495 e. The van der Waals surface area contributed by atoms with Gasteiger partial charge in [-0.05, 0) is 67.6 Å². The van der Waals surface area contributed by atoms with Gasteiger partial charge in [-0.2, -0.15) is 0 Å². The third kappa shape index (κ3) is 4.93. The topological polar surface area (TPSA) is 55.1 Å². The SMILES string of the molecule is COc1cc(C2CN(Cc3ccccc3)CC23CCCN2C3=NOC[C@@H]2c2cc(F)c(C)c(F)c2)ccc1-n1cnc(C)c1. The van der Waals surface area contributed by atoms with Gasteiger partial charge in [-0.25, -0.2) is 13.8 Å². The molecule has 7 nitrogen and oxygen atoms in total. The summed E-state index contributed by atoms with van der Waals surface area (Å²) in [6, 6.07) is 19.5. The molecule has 3 atom stereocenters. The molecule has 7 rings (SSSR count). The summed E-state index contributed by atoms with van der Waals surface area (Å²) in [6.45, 7) is 6.86. The van der Waals surface area contributed by atoms with E-state index in [0.717, 1.165) is 67.6 Å². The van der Waals surface area contributed by atoms with E-state index in [1.165, 1.54) is 24.6 Å². The number of likely N-dealkylation sites (tertiary alicyclic amines) is 1. The van der Waals surface area contributed by atoms with Crippen molar-refractivity contribution in [3.8, 4) is 11.4 Å². The van der Waals surface area contributed by atoms with Gasteiger partial charge < -0.3 is 19.0 Å². The molecule has 1 spiro atoms. The van der Waals surface area contributed by atoms with Crippen LogP contribution in [0.25, 0.3) is 5.69 Å². The number of aromatic nitrogens is 2. The van der Waals surface area contributed by atoms with Crippen molar-refractivity contribution in [2.75, 3.05) is 33.4 Å². The molecule has 2 saturated heterocycles. The number of nitrogens with zero attached hydrogens (tertiary/aromatic N) is 5. The van der Waals surface area contributed by atoms with Crippen LogP contribution in [0.5, 0.6) is 5.75 Å². The van der Waals surface area contributed by atoms with E-state index >= 15 is 0 Å². The Morgan fingerprint density at radius 1 is 1.02 bits per heavy atom. The van der Waals surface area contributed by atoms with Crippen LogP contribution < -0.4 is 4.74 Å². The first kappa shape index (κ1) is 28.5. The van der Waals surface area contributed by atoms with E-state index in [4.69, 9.17) is 14.7 Å². The van der Waals surface area contributed by atoms with Gasteiger partial charge in [0.2, 0.25) is 0 Å². The van der Waals surface area contributed by atoms with Gasteiger partial charge in [-0.3, -0.25) is 4.90 Å². The Kier molecular flexibility index (Phi) is 7.36. The highest BCUT2D eigenvalue weighted by Crippen LogP contribution is 2.53. The van der Waals surface area contributed by atoms with Crippen molar-refractivity contribution in [2.24, 2.45) is 10.6 Å². The summed E-state index contributed by atoms with van der Waals surface area (Å²) in [5, 5.41) is 4.74. The Hall–Kier alpha value is -4.24. The van der Waals surface area contributed by atoms with Crippen molar-refractivity contribution < 1.29 is 18.4 Å². The lowest BCUT2D eigenvalue weighted by molar-refractivity contribution is 0.0349. The Morgan fingerprint density at radius 2 is 1.82 bits per heavy atom. The van der Waals surface area contributed by atoms with E-state index in [1.54, 1.807) is 13.4 Å². The zero-order valence-electron chi connectivity index (χ0n) is 25.3. The summed E-state index contributed by atoms with van der Waals surface area (Å²) in [5.74, 6) is 0.659. The molecule has 2 unspecified atom stereocenters. The summed E-state index contributed by atoms with van der Waals surface area (Å²) >= 11 is 0. The molecule has 0 aliphatic carbocycles. The fourth-order valence-electron chi connectivity index (χ4n) is 7.46. The molecule has 4 heterocycles. The largest absolute Gasteiger partial charge is 0.495 e. The lowest BCUT2D eigenvalue weighted by Gasteiger charge is -2.49. The van der Waals surface area contributed by atoms with E-state index in [-0.39, 0.29) is 29.5 Å². The van der Waals surface area contributed by atoms with Crippen LogP contribution in [-0.2, 0) is 11.4 Å². The Labute approximate surface area is 256 Å². The van der Waals surface area contributed by atoms with Gasteiger partial charge in [0.25, 0.3) is 0 Å². The molecular weight excluding hydrogens is 560 g/mol. The number of amidine groups is 1. The number of hydrogen-bond donors (Lipinski definition) is 0. The summed E-state index contributed by atoms with van der Waals surface area (Å²) in [6.07, 6.45) is 5.65. The van der Waals surface area contributed by atoms with Gasteiger partial charge in [-0.15, -0.1) is 0 Å². The lowest BCUT2D eigenvalue weighted by atomic mass is 9.68. The van der Waals surface area contributed by atoms with Gasteiger partial charge in [0, 0.05) is 43.9 Å². The van der Waals surface area contributed by atoms with E-state index in [1.807, 2.05) is 23.8 Å². The molecule has 3 aliphatic rings. The highest BCUT2D eigenvalue weighted by molar-refractivity contribution is 5.91. The molecule has 0 bridgehead atoms. The van der Waals surface area contributed by atoms with Crippen LogP contribution in [-0.4, -0.2) is 58.5 Å². The number of piperidine rings is 1. The van der Waals surface area contributed by atoms with E-state index in [2.05, 4.69) is 57.2 Å². The molecule has 0 radical (unpaired) electrons. The molecule has 0 saturated carbocycles. The van der Waals surface area contributed by atoms with Crippen LogP contribution in [0.4, 0.5) is 8.78 Å². The van der Waals surface area contributed by atoms with Gasteiger partial charge in [0.15, 0.2) is 5.84 Å². The van der Waals surface area contributed by atoms with E-state index < -0.39 is 11.6 Å². The fraction of sp³-hybridized carbons (Fsp3) is 0.371. The first-order valence-electron chi connectivity index (χ1n) is 15.2. The summed E-state index contributed by atoms with van der Waals surface area (Å²) in [4.78, 5) is 15.1. The van der Waals surface area contributed by atoms with Crippen molar-refractivity contribution in [3.05, 3.63) is 113 Å². The van der Waals surface area contributed by atoms with Crippen molar-refractivity contribution >= 4 is 5.84 Å². The fourth-order valence-corrected chi connectivity index (χ4v) is 7.46. The van der Waals surface area contributed by atoms with Crippen molar-refractivity contribution in [1.82, 2.24) is 19.4 Å². The maximum Gasteiger partial charge on any atom is 0.153 e. The number of oxime groups is 1. The molecular formula is C35H37F2N5O2. The maximum absolute atomic E-state index is 14.7. The zero-order chi connectivity index (χ0) is 30.4. The van der Waals surface area contributed by atoms with Crippen LogP contribution >= 0.6 is 0 Å².